The first kappa shape index (κ1) is 22.1. The first-order valence-corrected chi connectivity index (χ1v) is 8.82. The van der Waals surface area contributed by atoms with Crippen molar-refractivity contribution >= 4 is 0 Å². The third kappa shape index (κ3) is 4.44. The number of imidazole rings is 1. The fraction of sp³-hybridized carbons (Fsp3) is 0.526. The van der Waals surface area contributed by atoms with Gasteiger partial charge in [-0.3, -0.25) is 4.57 Å². The van der Waals surface area contributed by atoms with Gasteiger partial charge in [0.1, 0.15) is 5.82 Å². The number of benzene rings is 1. The number of halogens is 6. The number of hydrogen-bond acceptors (Lipinski definition) is 2. The SMILES string of the molecule is CCc1nc(CC)n(-c2ccc(CC(C)(C)C(F)(F)F)cc2OC(F)F)c1F. The highest BCUT2D eigenvalue weighted by molar-refractivity contribution is 5.50. The number of aryl methyl sites for hydroxylation is 2. The van der Waals surface area contributed by atoms with Crippen LogP contribution in [0, 0.1) is 11.4 Å². The maximum atomic E-state index is 14.7. The molecule has 0 atom stereocenters. The molecule has 0 aliphatic heterocycles. The van der Waals surface area contributed by atoms with Crippen molar-refractivity contribution in [1.29, 1.82) is 0 Å². The summed E-state index contributed by atoms with van der Waals surface area (Å²) in [5.41, 5.74) is -1.78. The van der Waals surface area contributed by atoms with Crippen LogP contribution in [0.2, 0.25) is 0 Å². The number of rotatable bonds is 7. The highest BCUT2D eigenvalue weighted by Gasteiger charge is 2.47. The lowest BCUT2D eigenvalue weighted by atomic mass is 9.85. The van der Waals surface area contributed by atoms with Crippen LogP contribution in [0.15, 0.2) is 18.2 Å². The molecule has 1 aromatic carbocycles. The van der Waals surface area contributed by atoms with Gasteiger partial charge in [0.25, 0.3) is 0 Å². The van der Waals surface area contributed by atoms with E-state index < -0.39 is 36.3 Å². The molecule has 2 rings (SSSR count). The molecular formula is C19H22F6N2O. The van der Waals surface area contributed by atoms with E-state index in [1.165, 1.54) is 12.1 Å². The van der Waals surface area contributed by atoms with Gasteiger partial charge in [-0.25, -0.2) is 4.98 Å². The van der Waals surface area contributed by atoms with E-state index in [1.807, 2.05) is 0 Å². The van der Waals surface area contributed by atoms with Gasteiger partial charge in [-0.05, 0) is 30.5 Å². The Morgan fingerprint density at radius 3 is 2.25 bits per heavy atom. The summed E-state index contributed by atoms with van der Waals surface area (Å²) in [6.45, 7) is 2.26. The highest BCUT2D eigenvalue weighted by Crippen LogP contribution is 2.41. The van der Waals surface area contributed by atoms with Crippen LogP contribution in [-0.2, 0) is 19.3 Å². The molecule has 0 spiro atoms. The summed E-state index contributed by atoms with van der Waals surface area (Å²) >= 11 is 0. The summed E-state index contributed by atoms with van der Waals surface area (Å²) in [7, 11) is 0. The van der Waals surface area contributed by atoms with Gasteiger partial charge in [-0.1, -0.05) is 33.8 Å². The molecule has 1 aromatic heterocycles. The van der Waals surface area contributed by atoms with E-state index in [4.69, 9.17) is 0 Å². The Morgan fingerprint density at radius 2 is 1.75 bits per heavy atom. The molecule has 1 heterocycles. The van der Waals surface area contributed by atoms with Crippen molar-refractivity contribution in [3.63, 3.8) is 0 Å². The van der Waals surface area contributed by atoms with Crippen LogP contribution < -0.4 is 4.74 Å². The Kier molecular flexibility index (Phi) is 6.35. The zero-order valence-corrected chi connectivity index (χ0v) is 16.0. The minimum absolute atomic E-state index is 0.0320. The number of nitrogens with zero attached hydrogens (tertiary/aromatic N) is 2. The van der Waals surface area contributed by atoms with Crippen LogP contribution in [0.4, 0.5) is 26.3 Å². The van der Waals surface area contributed by atoms with E-state index in [-0.39, 0.29) is 16.9 Å². The minimum Gasteiger partial charge on any atom is -0.433 e. The van der Waals surface area contributed by atoms with Gasteiger partial charge in [0, 0.05) is 6.42 Å². The van der Waals surface area contributed by atoms with Gasteiger partial charge in [-0.15, -0.1) is 0 Å². The van der Waals surface area contributed by atoms with Crippen LogP contribution in [0.3, 0.4) is 0 Å². The van der Waals surface area contributed by atoms with Crippen LogP contribution in [-0.4, -0.2) is 22.3 Å². The van der Waals surface area contributed by atoms with Crippen LogP contribution >= 0.6 is 0 Å². The molecule has 0 unspecified atom stereocenters. The van der Waals surface area contributed by atoms with E-state index in [0.29, 0.717) is 18.7 Å². The molecule has 3 nitrogen and oxygen atoms in total. The zero-order chi connectivity index (χ0) is 21.3. The molecule has 0 aliphatic rings. The molecule has 0 radical (unpaired) electrons. The smallest absolute Gasteiger partial charge is 0.394 e. The van der Waals surface area contributed by atoms with Crippen LogP contribution in [0.1, 0.15) is 44.8 Å². The minimum atomic E-state index is -4.47. The molecule has 0 fully saturated rings. The Bertz CT molecular complexity index is 827. The monoisotopic (exact) mass is 408 g/mol. The molecule has 9 heteroatoms. The van der Waals surface area contributed by atoms with Gasteiger partial charge in [0.05, 0.1) is 16.8 Å². The molecule has 0 amide bonds. The summed E-state index contributed by atoms with van der Waals surface area (Å²) in [5, 5.41) is 0. The second-order valence-electron chi connectivity index (χ2n) is 7.05. The van der Waals surface area contributed by atoms with Crippen molar-refractivity contribution < 1.29 is 31.1 Å². The molecule has 0 saturated carbocycles. The van der Waals surface area contributed by atoms with Crippen molar-refractivity contribution in [2.75, 3.05) is 0 Å². The number of aromatic nitrogens is 2. The maximum Gasteiger partial charge on any atom is 0.394 e. The lowest BCUT2D eigenvalue weighted by molar-refractivity contribution is -0.211. The molecule has 0 bridgehead atoms. The van der Waals surface area contributed by atoms with Crippen LogP contribution in [0.5, 0.6) is 5.75 Å². The largest absolute Gasteiger partial charge is 0.433 e. The van der Waals surface area contributed by atoms with Gasteiger partial charge < -0.3 is 4.74 Å². The summed E-state index contributed by atoms with van der Waals surface area (Å²) in [6, 6.07) is 3.73. The van der Waals surface area contributed by atoms with Crippen molar-refractivity contribution in [1.82, 2.24) is 9.55 Å². The van der Waals surface area contributed by atoms with E-state index >= 15 is 0 Å². The summed E-state index contributed by atoms with van der Waals surface area (Å²) in [6.07, 6.45) is -4.29. The van der Waals surface area contributed by atoms with Crippen molar-refractivity contribution in [2.24, 2.45) is 5.41 Å². The third-order valence-corrected chi connectivity index (χ3v) is 4.50. The molecule has 0 N–H and O–H groups in total. The zero-order valence-electron chi connectivity index (χ0n) is 16.0. The quantitative estimate of drug-likeness (QED) is 0.536. The predicted molar refractivity (Wildman–Crippen MR) is 92.5 cm³/mol. The van der Waals surface area contributed by atoms with E-state index in [9.17, 15) is 26.3 Å². The average Bonchev–Trinajstić information content (AvgIpc) is 2.89. The van der Waals surface area contributed by atoms with E-state index in [0.717, 1.165) is 24.5 Å². The van der Waals surface area contributed by atoms with Crippen LogP contribution in [0.25, 0.3) is 5.69 Å². The average molecular weight is 408 g/mol. The lowest BCUT2D eigenvalue weighted by Gasteiger charge is -2.28. The number of hydrogen-bond donors (Lipinski definition) is 0. The topological polar surface area (TPSA) is 27.1 Å². The Morgan fingerprint density at radius 1 is 1.11 bits per heavy atom. The summed E-state index contributed by atoms with van der Waals surface area (Å²) in [4.78, 5) is 4.15. The first-order chi connectivity index (χ1) is 12.9. The summed E-state index contributed by atoms with van der Waals surface area (Å²) < 4.78 is 85.6. The second kappa shape index (κ2) is 8.05. The number of ether oxygens (including phenoxy) is 1. The Labute approximate surface area is 159 Å². The number of alkyl halides is 5. The van der Waals surface area contributed by atoms with Crippen molar-refractivity contribution in [3.05, 3.63) is 41.2 Å². The molecule has 28 heavy (non-hydrogen) atoms. The van der Waals surface area contributed by atoms with Gasteiger partial charge >= 0.3 is 12.8 Å². The standard InChI is InChI=1S/C19H22F6N2O/c1-5-12-16(20)27(15(6-2)26-12)13-8-7-11(9-14(13)28-17(21)22)10-18(3,4)19(23,24)25/h7-9,17H,5-6,10H2,1-4H3. The highest BCUT2D eigenvalue weighted by atomic mass is 19.4. The third-order valence-electron chi connectivity index (χ3n) is 4.50. The normalized spacial score (nSPS) is 12.7. The first-order valence-electron chi connectivity index (χ1n) is 8.82. The Hall–Kier alpha value is -2.19. The van der Waals surface area contributed by atoms with E-state index in [2.05, 4.69) is 9.72 Å². The molecule has 156 valence electrons. The molecule has 0 saturated heterocycles. The van der Waals surface area contributed by atoms with Crippen molar-refractivity contribution in [2.45, 2.75) is 59.7 Å². The van der Waals surface area contributed by atoms with Gasteiger partial charge in [0.2, 0.25) is 5.95 Å². The van der Waals surface area contributed by atoms with Gasteiger partial charge in [-0.2, -0.15) is 26.3 Å². The Balaban J connectivity index is 2.57. The maximum absolute atomic E-state index is 14.7. The fourth-order valence-electron chi connectivity index (χ4n) is 2.86. The molecular weight excluding hydrogens is 386 g/mol. The lowest BCUT2D eigenvalue weighted by Crippen LogP contribution is -2.34. The molecule has 2 aromatic rings. The van der Waals surface area contributed by atoms with E-state index in [1.54, 1.807) is 13.8 Å². The van der Waals surface area contributed by atoms with Gasteiger partial charge in [0.15, 0.2) is 5.75 Å². The van der Waals surface area contributed by atoms with Crippen molar-refractivity contribution in [3.8, 4) is 11.4 Å². The second-order valence-corrected chi connectivity index (χ2v) is 7.05. The predicted octanol–water partition coefficient (Wildman–Crippen LogP) is 5.87. The fourth-order valence-corrected chi connectivity index (χ4v) is 2.86. The summed E-state index contributed by atoms with van der Waals surface area (Å²) in [5.74, 6) is -0.808. The molecule has 0 aliphatic carbocycles.